The summed E-state index contributed by atoms with van der Waals surface area (Å²) < 4.78 is 0. The van der Waals surface area contributed by atoms with Gasteiger partial charge in [0.05, 0.1) is 10.7 Å². The largest absolute Gasteiger partial charge is 0.389 e. The summed E-state index contributed by atoms with van der Waals surface area (Å²) in [6.07, 6.45) is 3.97. The van der Waals surface area contributed by atoms with Crippen LogP contribution in [0.3, 0.4) is 0 Å². The molecule has 3 nitrogen and oxygen atoms in total. The lowest BCUT2D eigenvalue weighted by molar-refractivity contribution is -0.118. The van der Waals surface area contributed by atoms with E-state index in [4.69, 9.17) is 29.6 Å². The monoisotopic (exact) mass is 320 g/mol. The van der Waals surface area contributed by atoms with Crippen LogP contribution in [0.15, 0.2) is 18.2 Å². The van der Waals surface area contributed by atoms with Crippen LogP contribution < -0.4 is 11.1 Å². The molecule has 0 heterocycles. The van der Waals surface area contributed by atoms with Crippen molar-refractivity contribution in [2.45, 2.75) is 19.3 Å². The van der Waals surface area contributed by atoms with E-state index >= 15 is 0 Å². The number of carbonyl (C=O) groups is 1. The van der Waals surface area contributed by atoms with E-state index in [9.17, 15) is 4.79 Å². The van der Waals surface area contributed by atoms with Crippen LogP contribution in [0, 0.1) is 29.6 Å². The Morgan fingerprint density at radius 3 is 2.57 bits per heavy atom. The minimum Gasteiger partial charge on any atom is -0.389 e. The van der Waals surface area contributed by atoms with Crippen molar-refractivity contribution in [3.05, 3.63) is 28.8 Å². The van der Waals surface area contributed by atoms with Crippen molar-refractivity contribution in [3.8, 4) is 0 Å². The van der Waals surface area contributed by atoms with Crippen LogP contribution in [0.4, 0.5) is 5.69 Å². The fraction of sp³-hybridized carbons (Fsp3) is 0.500. The normalized spacial score (nSPS) is 35.4. The highest BCUT2D eigenvalue weighted by Crippen LogP contribution is 2.69. The quantitative estimate of drug-likeness (QED) is 0.841. The molecule has 3 N–H and O–H groups in total. The van der Waals surface area contributed by atoms with Crippen LogP contribution >= 0.6 is 23.8 Å². The van der Waals surface area contributed by atoms with Gasteiger partial charge in [-0.25, -0.2) is 0 Å². The van der Waals surface area contributed by atoms with Gasteiger partial charge in [0.1, 0.15) is 4.99 Å². The molecule has 5 heteroatoms. The lowest BCUT2D eigenvalue weighted by atomic mass is 10.0. The Morgan fingerprint density at radius 1 is 1.29 bits per heavy atom. The first-order chi connectivity index (χ1) is 10.1. The van der Waals surface area contributed by atoms with E-state index in [2.05, 4.69) is 5.32 Å². The van der Waals surface area contributed by atoms with Crippen LogP contribution in [0.1, 0.15) is 24.8 Å². The van der Waals surface area contributed by atoms with E-state index in [-0.39, 0.29) is 11.8 Å². The van der Waals surface area contributed by atoms with Crippen LogP contribution in [-0.2, 0) is 4.79 Å². The van der Waals surface area contributed by atoms with Gasteiger partial charge in [0.2, 0.25) is 5.91 Å². The summed E-state index contributed by atoms with van der Waals surface area (Å²) >= 11 is 11.1. The van der Waals surface area contributed by atoms with Gasteiger partial charge in [-0.05, 0) is 55.1 Å². The number of hydrogen-bond acceptors (Lipinski definition) is 2. The molecule has 3 fully saturated rings. The van der Waals surface area contributed by atoms with Crippen molar-refractivity contribution in [3.63, 3.8) is 0 Å². The molecule has 4 atom stereocenters. The second-order valence-electron chi connectivity index (χ2n) is 6.56. The number of rotatable bonds is 3. The number of nitrogens with two attached hydrogens (primary N) is 1. The van der Waals surface area contributed by atoms with Crippen molar-refractivity contribution in [2.75, 3.05) is 5.32 Å². The van der Waals surface area contributed by atoms with Crippen LogP contribution in [0.2, 0.25) is 5.02 Å². The highest BCUT2D eigenvalue weighted by molar-refractivity contribution is 7.80. The average molecular weight is 321 g/mol. The molecule has 0 radical (unpaired) electrons. The summed E-state index contributed by atoms with van der Waals surface area (Å²) in [5.74, 6) is 3.13. The van der Waals surface area contributed by atoms with Gasteiger partial charge in [0.15, 0.2) is 0 Å². The summed E-state index contributed by atoms with van der Waals surface area (Å²) in [5.41, 5.74) is 6.97. The fourth-order valence-electron chi connectivity index (χ4n) is 4.67. The maximum absolute atomic E-state index is 12.5. The molecule has 0 spiro atoms. The molecule has 0 aromatic heterocycles. The Morgan fingerprint density at radius 2 is 1.95 bits per heavy atom. The van der Waals surface area contributed by atoms with E-state index < -0.39 is 0 Å². The topological polar surface area (TPSA) is 55.1 Å². The average Bonchev–Trinajstić information content (AvgIpc) is 2.90. The number of amides is 1. The molecule has 1 aromatic carbocycles. The number of anilines is 1. The van der Waals surface area contributed by atoms with Gasteiger partial charge in [-0.1, -0.05) is 29.9 Å². The predicted molar refractivity (Wildman–Crippen MR) is 87.3 cm³/mol. The second-order valence-corrected chi connectivity index (χ2v) is 7.41. The maximum atomic E-state index is 12.5. The number of halogens is 1. The molecule has 0 saturated heterocycles. The highest BCUT2D eigenvalue weighted by atomic mass is 35.5. The summed E-state index contributed by atoms with van der Waals surface area (Å²) in [6, 6.07) is 5.25. The van der Waals surface area contributed by atoms with Crippen molar-refractivity contribution in [2.24, 2.45) is 35.3 Å². The minimum absolute atomic E-state index is 0.114. The first-order valence-electron chi connectivity index (χ1n) is 7.46. The first kappa shape index (κ1) is 13.5. The van der Waals surface area contributed by atoms with Crippen molar-refractivity contribution >= 4 is 40.4 Å². The Bertz CT molecular complexity index is 631. The molecular formula is C16H17ClN2OS. The van der Waals surface area contributed by atoms with Gasteiger partial charge in [-0.2, -0.15) is 0 Å². The maximum Gasteiger partial charge on any atom is 0.228 e. The zero-order chi connectivity index (χ0) is 14.7. The molecular weight excluding hydrogens is 304 g/mol. The Labute approximate surface area is 134 Å². The Balaban J connectivity index is 1.51. The smallest absolute Gasteiger partial charge is 0.228 e. The SMILES string of the molecule is NC(=S)c1ccc(Cl)c(NC(=O)C2C3C4CCC(C4)C23)c1. The van der Waals surface area contributed by atoms with Gasteiger partial charge in [-0.3, -0.25) is 4.79 Å². The number of benzene rings is 1. The summed E-state index contributed by atoms with van der Waals surface area (Å²) in [4.78, 5) is 12.8. The van der Waals surface area contributed by atoms with Crippen molar-refractivity contribution in [1.29, 1.82) is 0 Å². The van der Waals surface area contributed by atoms with Crippen molar-refractivity contribution in [1.82, 2.24) is 0 Å². The molecule has 21 heavy (non-hydrogen) atoms. The van der Waals surface area contributed by atoms with Crippen molar-refractivity contribution < 1.29 is 4.79 Å². The summed E-state index contributed by atoms with van der Waals surface area (Å²) in [7, 11) is 0. The molecule has 3 aliphatic rings. The van der Waals surface area contributed by atoms with Crippen LogP contribution in [0.25, 0.3) is 0 Å². The Hall–Kier alpha value is -1.13. The third-order valence-electron chi connectivity index (χ3n) is 5.55. The zero-order valence-electron chi connectivity index (χ0n) is 11.5. The van der Waals surface area contributed by atoms with Gasteiger partial charge in [0.25, 0.3) is 0 Å². The molecule has 110 valence electrons. The van der Waals surface area contributed by atoms with Gasteiger partial charge < -0.3 is 11.1 Å². The third-order valence-corrected chi connectivity index (χ3v) is 6.11. The molecule has 4 unspecified atom stereocenters. The predicted octanol–water partition coefficient (Wildman–Crippen LogP) is 3.20. The lowest BCUT2D eigenvalue weighted by Crippen LogP contribution is -2.19. The standard InChI is InChI=1S/C16H17ClN2OS/c17-10-4-3-9(15(18)21)6-11(10)19-16(20)14-12-7-1-2-8(5-7)13(12)14/h3-4,6-8,12-14H,1-2,5H2,(H2,18,21)(H,19,20). The Kier molecular flexibility index (Phi) is 3.02. The molecule has 3 aliphatic carbocycles. The number of carbonyl (C=O) groups excluding carboxylic acids is 1. The number of fused-ring (bicyclic) bond motifs is 5. The van der Waals surface area contributed by atoms with Crippen LogP contribution in [0.5, 0.6) is 0 Å². The van der Waals surface area contributed by atoms with Gasteiger partial charge >= 0.3 is 0 Å². The zero-order valence-corrected chi connectivity index (χ0v) is 13.1. The number of hydrogen-bond donors (Lipinski definition) is 2. The van der Waals surface area contributed by atoms with Gasteiger partial charge in [-0.15, -0.1) is 0 Å². The molecule has 4 rings (SSSR count). The van der Waals surface area contributed by atoms with E-state index in [0.29, 0.717) is 27.5 Å². The number of thiocarbonyl (C=S) groups is 1. The van der Waals surface area contributed by atoms with E-state index in [1.807, 2.05) is 0 Å². The summed E-state index contributed by atoms with van der Waals surface area (Å²) in [5, 5.41) is 3.50. The van der Waals surface area contributed by atoms with E-state index in [1.54, 1.807) is 18.2 Å². The minimum atomic E-state index is 0.114. The number of nitrogens with one attached hydrogen (secondary N) is 1. The summed E-state index contributed by atoms with van der Waals surface area (Å²) in [6.45, 7) is 0. The molecule has 2 bridgehead atoms. The second kappa shape index (κ2) is 4.68. The third kappa shape index (κ3) is 2.08. The molecule has 1 amide bonds. The highest BCUT2D eigenvalue weighted by Gasteiger charge is 2.67. The van der Waals surface area contributed by atoms with E-state index in [0.717, 1.165) is 17.4 Å². The molecule has 0 aliphatic heterocycles. The fourth-order valence-corrected chi connectivity index (χ4v) is 4.96. The van der Waals surface area contributed by atoms with Gasteiger partial charge in [0, 0.05) is 11.5 Å². The van der Waals surface area contributed by atoms with Crippen LogP contribution in [-0.4, -0.2) is 10.9 Å². The van der Waals surface area contributed by atoms with E-state index in [1.165, 1.54) is 19.3 Å². The first-order valence-corrected chi connectivity index (χ1v) is 8.25. The lowest BCUT2D eigenvalue weighted by Gasteiger charge is -2.11. The molecule has 3 saturated carbocycles. The molecule has 1 aromatic rings.